The van der Waals surface area contributed by atoms with E-state index in [9.17, 15) is 10.2 Å². The molecule has 0 amide bonds. The average molecular weight is 620 g/mol. The molecule has 204 valence electrons. The second-order valence-corrected chi connectivity index (χ2v) is 10.3. The van der Waals surface area contributed by atoms with Gasteiger partial charge in [0.15, 0.2) is 6.29 Å². The Morgan fingerprint density at radius 2 is 1.81 bits per heavy atom. The number of benzene rings is 1. The van der Waals surface area contributed by atoms with Gasteiger partial charge in [0.25, 0.3) is 0 Å². The van der Waals surface area contributed by atoms with E-state index in [0.717, 1.165) is 24.9 Å². The van der Waals surface area contributed by atoms with Gasteiger partial charge in [-0.15, -0.1) is 0 Å². The highest BCUT2D eigenvalue weighted by atomic mass is 127. The molecule has 0 aliphatic carbocycles. The van der Waals surface area contributed by atoms with E-state index < -0.39 is 12.4 Å². The fourth-order valence-electron chi connectivity index (χ4n) is 4.08. The van der Waals surface area contributed by atoms with Gasteiger partial charge in [-0.1, -0.05) is 12.1 Å². The van der Waals surface area contributed by atoms with Crippen LogP contribution in [0.2, 0.25) is 0 Å². The standard InChI is InChI=1S/C24H42IN7O4/c1-16-13-21(22(34)24(35)36-16)30(2)12-10-18(26)14-31(28)11-4-3-5-17-6-8-19(9-7-17)32(29)23(25)20(27)15-33/h6-9,14,16,21-22,24,33-35H,3-5,10-13,15,26-29H2,1-2H3/b18-14-,23-20-/t16-,21+,22-,24-/m1/s1. The van der Waals surface area contributed by atoms with Crippen molar-refractivity contribution >= 4 is 28.3 Å². The van der Waals surface area contributed by atoms with Gasteiger partial charge in [0, 0.05) is 37.4 Å². The molecule has 0 spiro atoms. The second kappa shape index (κ2) is 14.9. The third-order valence-corrected chi connectivity index (χ3v) is 7.49. The molecular formula is C24H42IN7O4. The van der Waals surface area contributed by atoms with E-state index >= 15 is 0 Å². The highest BCUT2D eigenvalue weighted by Crippen LogP contribution is 2.23. The number of rotatable bonds is 13. The van der Waals surface area contributed by atoms with Gasteiger partial charge in [0.2, 0.25) is 0 Å². The molecule has 0 radical (unpaired) electrons. The summed E-state index contributed by atoms with van der Waals surface area (Å²) >= 11 is 2.01. The molecule has 4 atom stereocenters. The predicted molar refractivity (Wildman–Crippen MR) is 150 cm³/mol. The van der Waals surface area contributed by atoms with Crippen molar-refractivity contribution in [1.29, 1.82) is 0 Å². The van der Waals surface area contributed by atoms with Crippen LogP contribution in [0.3, 0.4) is 0 Å². The van der Waals surface area contributed by atoms with E-state index in [2.05, 4.69) is 0 Å². The van der Waals surface area contributed by atoms with Gasteiger partial charge in [0.05, 0.1) is 24.1 Å². The van der Waals surface area contributed by atoms with Crippen LogP contribution in [0.1, 0.15) is 38.2 Å². The first-order chi connectivity index (χ1) is 17.0. The summed E-state index contributed by atoms with van der Waals surface area (Å²) in [4.78, 5) is 2.00. The van der Waals surface area contributed by atoms with Crippen molar-refractivity contribution < 1.29 is 20.1 Å². The number of nitrogens with zero attached hydrogens (tertiary/aromatic N) is 3. The van der Waals surface area contributed by atoms with Crippen LogP contribution >= 0.6 is 22.6 Å². The lowest BCUT2D eigenvalue weighted by Gasteiger charge is -2.40. The maximum atomic E-state index is 10.2. The van der Waals surface area contributed by atoms with Crippen LogP contribution in [0.25, 0.3) is 0 Å². The van der Waals surface area contributed by atoms with Crippen molar-refractivity contribution in [2.24, 2.45) is 23.2 Å². The molecule has 0 aromatic heterocycles. The van der Waals surface area contributed by atoms with Crippen LogP contribution in [0.5, 0.6) is 0 Å². The van der Waals surface area contributed by atoms with Crippen molar-refractivity contribution in [3.63, 3.8) is 0 Å². The lowest BCUT2D eigenvalue weighted by atomic mass is 9.99. The monoisotopic (exact) mass is 619 g/mol. The Kier molecular flexibility index (Phi) is 12.7. The van der Waals surface area contributed by atoms with E-state index in [0.29, 0.717) is 41.0 Å². The Morgan fingerprint density at radius 1 is 1.14 bits per heavy atom. The number of hydrazine groups is 2. The fourth-order valence-corrected chi connectivity index (χ4v) is 4.53. The van der Waals surface area contributed by atoms with Crippen LogP contribution in [0, 0.1) is 0 Å². The molecule has 0 unspecified atom stereocenters. The number of hydrogen-bond donors (Lipinski definition) is 7. The van der Waals surface area contributed by atoms with Crippen LogP contribution in [0.4, 0.5) is 5.69 Å². The highest BCUT2D eigenvalue weighted by Gasteiger charge is 2.36. The lowest BCUT2D eigenvalue weighted by molar-refractivity contribution is -0.231. The zero-order valence-electron chi connectivity index (χ0n) is 21.1. The van der Waals surface area contributed by atoms with E-state index in [4.69, 9.17) is 33.0 Å². The number of likely N-dealkylation sites (N-methyl/N-ethyl adjacent to an activating group) is 1. The third kappa shape index (κ3) is 9.34. The van der Waals surface area contributed by atoms with E-state index in [1.165, 1.54) is 10.6 Å². The molecule has 1 aromatic rings. The summed E-state index contributed by atoms with van der Waals surface area (Å²) in [5, 5.41) is 32.3. The summed E-state index contributed by atoms with van der Waals surface area (Å²) in [5.74, 6) is 12.2. The van der Waals surface area contributed by atoms with Crippen molar-refractivity contribution in [1.82, 2.24) is 9.91 Å². The minimum absolute atomic E-state index is 0.117. The number of anilines is 1. The molecule has 11 N–H and O–H groups in total. The first-order valence-corrected chi connectivity index (χ1v) is 13.2. The Morgan fingerprint density at radius 3 is 2.44 bits per heavy atom. The summed E-state index contributed by atoms with van der Waals surface area (Å²) in [6, 6.07) is 7.71. The molecule has 0 bridgehead atoms. The number of nitrogens with two attached hydrogens (primary N) is 4. The summed E-state index contributed by atoms with van der Waals surface area (Å²) in [5.41, 5.74) is 14.9. The second-order valence-electron chi connectivity index (χ2n) is 9.27. The van der Waals surface area contributed by atoms with Gasteiger partial charge in [0.1, 0.15) is 9.81 Å². The van der Waals surface area contributed by atoms with Gasteiger partial charge in [-0.2, -0.15) is 0 Å². The molecule has 1 aliphatic rings. The van der Waals surface area contributed by atoms with Gasteiger partial charge in [-0.3, -0.25) is 5.01 Å². The van der Waals surface area contributed by atoms with Crippen LogP contribution < -0.4 is 28.2 Å². The van der Waals surface area contributed by atoms with Gasteiger partial charge in [-0.25, -0.2) is 11.7 Å². The number of unbranched alkanes of at least 4 members (excludes halogenated alkanes) is 1. The number of ether oxygens (including phenoxy) is 1. The van der Waals surface area contributed by atoms with E-state index in [1.54, 1.807) is 11.2 Å². The lowest BCUT2D eigenvalue weighted by Crippen LogP contribution is -2.54. The van der Waals surface area contributed by atoms with Crippen molar-refractivity contribution in [2.45, 2.75) is 63.6 Å². The number of halogens is 1. The fraction of sp³-hybridized carbons (Fsp3) is 0.583. The first kappa shape index (κ1) is 30.6. The molecule has 2 rings (SSSR count). The Labute approximate surface area is 227 Å². The largest absolute Gasteiger partial charge is 0.401 e. The number of aliphatic hydroxyl groups excluding tert-OH is 3. The molecular weight excluding hydrogens is 577 g/mol. The number of aryl methyl sites for hydroxylation is 1. The Hall–Kier alpha value is -1.65. The number of hydrogen-bond acceptors (Lipinski definition) is 11. The zero-order chi connectivity index (χ0) is 26.8. The molecule has 1 fully saturated rings. The quantitative estimate of drug-likeness (QED) is 0.0533. The Balaban J connectivity index is 1.72. The SMILES string of the molecule is C[C@@H]1C[C@H](N(C)CC/C(N)=C/N(N)CCCCc2ccc(N(N)/C(I)=C(\N)CO)cc2)[C@@H](O)[C@H](O)O1. The van der Waals surface area contributed by atoms with E-state index in [1.807, 2.05) is 65.7 Å². The molecule has 1 heterocycles. The molecule has 1 aromatic carbocycles. The predicted octanol–water partition coefficient (Wildman–Crippen LogP) is 0.399. The molecule has 11 nitrogen and oxygen atoms in total. The maximum absolute atomic E-state index is 10.2. The Bertz CT molecular complexity index is 871. The van der Waals surface area contributed by atoms with Crippen molar-refractivity contribution in [2.75, 3.05) is 31.8 Å². The van der Waals surface area contributed by atoms with Crippen molar-refractivity contribution in [3.05, 3.63) is 51.1 Å². The van der Waals surface area contributed by atoms with Crippen LogP contribution in [-0.4, -0.2) is 76.5 Å². The van der Waals surface area contributed by atoms with Gasteiger partial charge >= 0.3 is 0 Å². The summed E-state index contributed by atoms with van der Waals surface area (Å²) < 4.78 is 5.85. The smallest absolute Gasteiger partial charge is 0.182 e. The van der Waals surface area contributed by atoms with Gasteiger partial charge in [-0.05, 0) is 79.9 Å². The zero-order valence-corrected chi connectivity index (χ0v) is 23.3. The highest BCUT2D eigenvalue weighted by molar-refractivity contribution is 14.1. The minimum atomic E-state index is -1.17. The summed E-state index contributed by atoms with van der Waals surface area (Å²) in [7, 11) is 1.91. The van der Waals surface area contributed by atoms with Crippen LogP contribution in [-0.2, 0) is 11.2 Å². The average Bonchev–Trinajstić information content (AvgIpc) is 2.86. The topological polar surface area (TPSA) is 184 Å². The minimum Gasteiger partial charge on any atom is -0.401 e. The summed E-state index contributed by atoms with van der Waals surface area (Å²) in [6.07, 6.45) is 3.54. The number of aliphatic hydroxyl groups is 3. The van der Waals surface area contributed by atoms with Crippen molar-refractivity contribution in [3.8, 4) is 0 Å². The first-order valence-electron chi connectivity index (χ1n) is 12.1. The normalized spacial score (nSPS) is 23.5. The molecule has 1 saturated heterocycles. The molecule has 0 saturated carbocycles. The maximum Gasteiger partial charge on any atom is 0.182 e. The van der Waals surface area contributed by atoms with Crippen LogP contribution in [0.15, 0.2) is 45.6 Å². The molecule has 36 heavy (non-hydrogen) atoms. The van der Waals surface area contributed by atoms with E-state index in [-0.39, 0.29) is 18.8 Å². The van der Waals surface area contributed by atoms with Gasteiger partial charge < -0.3 is 41.4 Å². The third-order valence-electron chi connectivity index (χ3n) is 6.28. The summed E-state index contributed by atoms with van der Waals surface area (Å²) in [6.45, 7) is 2.95. The molecule has 1 aliphatic heterocycles. The molecule has 12 heteroatoms.